The van der Waals surface area contributed by atoms with Crippen LogP contribution in [0.2, 0.25) is 0 Å². The van der Waals surface area contributed by atoms with E-state index in [0.717, 1.165) is 12.8 Å². The third-order valence-corrected chi connectivity index (χ3v) is 5.09. The number of hydrogen-bond donors (Lipinski definition) is 1. The summed E-state index contributed by atoms with van der Waals surface area (Å²) in [4.78, 5) is 0. The van der Waals surface area contributed by atoms with Crippen molar-refractivity contribution in [1.82, 2.24) is 4.31 Å². The first-order chi connectivity index (χ1) is 8.12. The van der Waals surface area contributed by atoms with Crippen LogP contribution in [0, 0.1) is 0 Å². The van der Waals surface area contributed by atoms with E-state index in [4.69, 9.17) is 15.2 Å². The van der Waals surface area contributed by atoms with Gasteiger partial charge in [0.2, 0.25) is 10.0 Å². The average Bonchev–Trinajstić information content (AvgIpc) is 2.81. The normalized spacial score (nSPS) is 31.8. The van der Waals surface area contributed by atoms with Gasteiger partial charge in [-0.05, 0) is 12.8 Å². The highest BCUT2D eigenvalue weighted by molar-refractivity contribution is 7.89. The summed E-state index contributed by atoms with van der Waals surface area (Å²) in [7, 11) is -3.24. The van der Waals surface area contributed by atoms with Crippen LogP contribution in [0.15, 0.2) is 0 Å². The van der Waals surface area contributed by atoms with Gasteiger partial charge in [0, 0.05) is 26.2 Å². The first kappa shape index (κ1) is 13.2. The molecule has 0 aliphatic carbocycles. The van der Waals surface area contributed by atoms with E-state index in [1.54, 1.807) is 0 Å². The van der Waals surface area contributed by atoms with Gasteiger partial charge in [-0.1, -0.05) is 0 Å². The second kappa shape index (κ2) is 5.62. The smallest absolute Gasteiger partial charge is 0.216 e. The lowest BCUT2D eigenvalue weighted by Gasteiger charge is -2.32. The molecule has 2 N–H and O–H groups in total. The molecule has 2 saturated heterocycles. The van der Waals surface area contributed by atoms with Gasteiger partial charge in [0.25, 0.3) is 0 Å². The molecule has 2 unspecified atom stereocenters. The van der Waals surface area contributed by atoms with Gasteiger partial charge in [-0.25, -0.2) is 8.42 Å². The van der Waals surface area contributed by atoms with E-state index in [1.807, 2.05) is 0 Å². The Hall–Kier alpha value is -0.210. The van der Waals surface area contributed by atoms with Gasteiger partial charge in [-0.2, -0.15) is 4.31 Å². The number of morpholine rings is 1. The Labute approximate surface area is 102 Å². The molecule has 17 heavy (non-hydrogen) atoms. The van der Waals surface area contributed by atoms with Crippen LogP contribution in [-0.4, -0.2) is 63.5 Å². The fourth-order valence-corrected chi connectivity index (χ4v) is 3.89. The van der Waals surface area contributed by atoms with Gasteiger partial charge in [-0.3, -0.25) is 0 Å². The summed E-state index contributed by atoms with van der Waals surface area (Å²) in [5, 5.41) is 0. The van der Waals surface area contributed by atoms with E-state index >= 15 is 0 Å². The van der Waals surface area contributed by atoms with Gasteiger partial charge in [0.1, 0.15) is 0 Å². The lowest BCUT2D eigenvalue weighted by atomic mass is 10.3. The van der Waals surface area contributed by atoms with Crippen molar-refractivity contribution in [3.05, 3.63) is 0 Å². The highest BCUT2D eigenvalue weighted by Crippen LogP contribution is 2.17. The maximum absolute atomic E-state index is 12.2. The number of ether oxygens (including phenoxy) is 2. The SMILES string of the molecule is NCC1CN(S(=O)(=O)CC2CCCO2)CCO1. The van der Waals surface area contributed by atoms with Crippen molar-refractivity contribution in [1.29, 1.82) is 0 Å². The Bertz CT molecular complexity index is 340. The summed E-state index contributed by atoms with van der Waals surface area (Å²) in [6, 6.07) is 0. The predicted octanol–water partition coefficient (Wildman–Crippen LogP) is -0.845. The molecule has 0 bridgehead atoms. The molecule has 0 aromatic rings. The summed E-state index contributed by atoms with van der Waals surface area (Å²) in [5.74, 6) is 0.0876. The number of nitrogens with two attached hydrogens (primary N) is 1. The first-order valence-corrected chi connectivity index (χ1v) is 7.64. The highest BCUT2D eigenvalue weighted by atomic mass is 32.2. The monoisotopic (exact) mass is 264 g/mol. The average molecular weight is 264 g/mol. The van der Waals surface area contributed by atoms with Crippen molar-refractivity contribution in [3.8, 4) is 0 Å². The Morgan fingerprint density at radius 3 is 2.65 bits per heavy atom. The highest BCUT2D eigenvalue weighted by Gasteiger charge is 2.32. The summed E-state index contributed by atoms with van der Waals surface area (Å²) in [6.07, 6.45) is 1.47. The zero-order chi connectivity index (χ0) is 12.3. The molecular weight excluding hydrogens is 244 g/mol. The van der Waals surface area contributed by atoms with E-state index in [9.17, 15) is 8.42 Å². The van der Waals surface area contributed by atoms with Crippen molar-refractivity contribution in [2.45, 2.75) is 25.0 Å². The third-order valence-electron chi connectivity index (χ3n) is 3.18. The Kier molecular flexibility index (Phi) is 4.37. The summed E-state index contributed by atoms with van der Waals surface area (Å²) < 4.78 is 36.5. The summed E-state index contributed by atoms with van der Waals surface area (Å²) in [5.41, 5.74) is 5.50. The topological polar surface area (TPSA) is 81.9 Å². The molecule has 2 aliphatic heterocycles. The van der Waals surface area contributed by atoms with Crippen molar-refractivity contribution in [3.63, 3.8) is 0 Å². The predicted molar refractivity (Wildman–Crippen MR) is 63.1 cm³/mol. The fourth-order valence-electron chi connectivity index (χ4n) is 2.20. The van der Waals surface area contributed by atoms with Crippen LogP contribution < -0.4 is 5.73 Å². The van der Waals surface area contributed by atoms with E-state index in [-0.39, 0.29) is 18.0 Å². The van der Waals surface area contributed by atoms with Crippen LogP contribution in [0.3, 0.4) is 0 Å². The minimum Gasteiger partial charge on any atom is -0.377 e. The zero-order valence-corrected chi connectivity index (χ0v) is 10.7. The van der Waals surface area contributed by atoms with Crippen molar-refractivity contribution in [2.75, 3.05) is 38.6 Å². The van der Waals surface area contributed by atoms with E-state index in [2.05, 4.69) is 0 Å². The van der Waals surface area contributed by atoms with Crippen LogP contribution in [0.5, 0.6) is 0 Å². The first-order valence-electron chi connectivity index (χ1n) is 6.03. The molecule has 2 heterocycles. The van der Waals surface area contributed by atoms with Gasteiger partial charge >= 0.3 is 0 Å². The van der Waals surface area contributed by atoms with Crippen LogP contribution in [0.1, 0.15) is 12.8 Å². The maximum atomic E-state index is 12.2. The Balaban J connectivity index is 1.94. The molecule has 0 radical (unpaired) electrons. The van der Waals surface area contributed by atoms with Crippen LogP contribution in [0.4, 0.5) is 0 Å². The molecule has 0 spiro atoms. The van der Waals surface area contributed by atoms with Gasteiger partial charge < -0.3 is 15.2 Å². The molecule has 0 saturated carbocycles. The summed E-state index contributed by atoms with van der Waals surface area (Å²) in [6.45, 7) is 2.24. The second-order valence-corrected chi connectivity index (χ2v) is 6.51. The minimum atomic E-state index is -3.24. The third kappa shape index (κ3) is 3.38. The lowest BCUT2D eigenvalue weighted by Crippen LogP contribution is -2.49. The summed E-state index contributed by atoms with van der Waals surface area (Å²) >= 11 is 0. The van der Waals surface area contributed by atoms with E-state index in [1.165, 1.54) is 4.31 Å². The molecular formula is C10H20N2O4S. The Morgan fingerprint density at radius 2 is 2.00 bits per heavy atom. The van der Waals surface area contributed by atoms with Crippen LogP contribution in [0.25, 0.3) is 0 Å². The maximum Gasteiger partial charge on any atom is 0.216 e. The molecule has 6 nitrogen and oxygen atoms in total. The van der Waals surface area contributed by atoms with Crippen molar-refractivity contribution in [2.24, 2.45) is 5.73 Å². The molecule has 2 rings (SSSR count). The van der Waals surface area contributed by atoms with E-state index in [0.29, 0.717) is 32.8 Å². The molecule has 2 atom stereocenters. The molecule has 100 valence electrons. The van der Waals surface area contributed by atoms with Crippen molar-refractivity contribution < 1.29 is 17.9 Å². The van der Waals surface area contributed by atoms with Crippen LogP contribution in [-0.2, 0) is 19.5 Å². The van der Waals surface area contributed by atoms with Gasteiger partial charge in [0.05, 0.1) is 24.6 Å². The standard InChI is InChI=1S/C10H20N2O4S/c11-6-10-7-12(3-5-16-10)17(13,14)8-9-2-1-4-15-9/h9-10H,1-8,11H2. The van der Waals surface area contributed by atoms with Crippen molar-refractivity contribution >= 4 is 10.0 Å². The minimum absolute atomic E-state index is 0.0876. The molecule has 0 aromatic heterocycles. The molecule has 7 heteroatoms. The Morgan fingerprint density at radius 1 is 1.24 bits per heavy atom. The molecule has 2 fully saturated rings. The number of sulfonamides is 1. The lowest BCUT2D eigenvalue weighted by molar-refractivity contribution is 0.00408. The molecule has 0 amide bonds. The zero-order valence-electron chi connectivity index (χ0n) is 9.88. The second-order valence-electron chi connectivity index (χ2n) is 4.50. The molecule has 2 aliphatic rings. The van der Waals surface area contributed by atoms with Gasteiger partial charge in [0.15, 0.2) is 0 Å². The quantitative estimate of drug-likeness (QED) is 0.715. The molecule has 0 aromatic carbocycles. The van der Waals surface area contributed by atoms with E-state index < -0.39 is 10.0 Å². The van der Waals surface area contributed by atoms with Gasteiger partial charge in [-0.15, -0.1) is 0 Å². The van der Waals surface area contributed by atoms with Crippen LogP contribution >= 0.6 is 0 Å². The number of rotatable bonds is 4. The fraction of sp³-hybridized carbons (Fsp3) is 1.00. The number of hydrogen-bond acceptors (Lipinski definition) is 5. The largest absolute Gasteiger partial charge is 0.377 e. The number of nitrogens with zero attached hydrogens (tertiary/aromatic N) is 1.